The molecule has 2 aliphatic carbocycles. The molecule has 1 aromatic heterocycles. The largest absolute Gasteiger partial charge is 0.481 e. The van der Waals surface area contributed by atoms with E-state index in [0.717, 1.165) is 12.0 Å². The maximum Gasteiger partial charge on any atom is 0.307 e. The first-order valence-corrected chi connectivity index (χ1v) is 8.25. The van der Waals surface area contributed by atoms with Crippen molar-refractivity contribution >= 4 is 17.6 Å². The molecule has 0 saturated heterocycles. The summed E-state index contributed by atoms with van der Waals surface area (Å²) in [6.07, 6.45) is 7.80. The van der Waals surface area contributed by atoms with Crippen molar-refractivity contribution in [1.29, 1.82) is 0 Å². The standard InChI is InChI=1S/C18H18N4O3/c23-17(15-12-3-4-13(7-12)16(15)18(24)25)21-14-5-1-11(2-6-14)8-22-10-19-9-20-22/h1-6,9-10,12-13,15-16H,7-8H2,(H,21,23)(H,24,25)/t12-,13+,15-,16-/m0/s1. The summed E-state index contributed by atoms with van der Waals surface area (Å²) in [7, 11) is 0. The number of anilines is 1. The molecule has 2 bridgehead atoms. The number of benzene rings is 1. The Morgan fingerprint density at radius 3 is 2.52 bits per heavy atom. The lowest BCUT2D eigenvalue weighted by Gasteiger charge is -2.23. The summed E-state index contributed by atoms with van der Waals surface area (Å²) in [6, 6.07) is 7.46. The highest BCUT2D eigenvalue weighted by molar-refractivity contribution is 5.96. The van der Waals surface area contributed by atoms with Crippen LogP contribution in [0.5, 0.6) is 0 Å². The number of fused-ring (bicyclic) bond motifs is 2. The highest BCUT2D eigenvalue weighted by Crippen LogP contribution is 2.48. The van der Waals surface area contributed by atoms with Gasteiger partial charge in [-0.05, 0) is 36.0 Å². The molecule has 2 N–H and O–H groups in total. The molecule has 2 aromatic rings. The summed E-state index contributed by atoms with van der Waals surface area (Å²) in [4.78, 5) is 28.1. The first kappa shape index (κ1) is 15.6. The lowest BCUT2D eigenvalue weighted by atomic mass is 9.82. The van der Waals surface area contributed by atoms with Gasteiger partial charge in [0.05, 0.1) is 18.4 Å². The molecular weight excluding hydrogens is 320 g/mol. The van der Waals surface area contributed by atoms with Crippen LogP contribution in [-0.4, -0.2) is 31.7 Å². The summed E-state index contributed by atoms with van der Waals surface area (Å²) in [6.45, 7) is 0.604. The molecule has 0 spiro atoms. The average molecular weight is 338 g/mol. The van der Waals surface area contributed by atoms with E-state index in [1.54, 1.807) is 11.0 Å². The van der Waals surface area contributed by atoms with E-state index in [1.165, 1.54) is 6.33 Å². The van der Waals surface area contributed by atoms with E-state index in [4.69, 9.17) is 0 Å². The van der Waals surface area contributed by atoms with E-state index in [2.05, 4.69) is 15.4 Å². The number of aliphatic carboxylic acids is 1. The Morgan fingerprint density at radius 2 is 1.88 bits per heavy atom. The number of allylic oxidation sites excluding steroid dienone is 2. The van der Waals surface area contributed by atoms with Gasteiger partial charge in [-0.1, -0.05) is 24.3 Å². The van der Waals surface area contributed by atoms with Crippen LogP contribution in [0.4, 0.5) is 5.69 Å². The predicted molar refractivity (Wildman–Crippen MR) is 89.5 cm³/mol. The number of hydrogen-bond donors (Lipinski definition) is 2. The van der Waals surface area contributed by atoms with Crippen molar-refractivity contribution in [3.8, 4) is 0 Å². The van der Waals surface area contributed by atoms with Crippen molar-refractivity contribution in [2.45, 2.75) is 13.0 Å². The molecule has 1 aromatic carbocycles. The first-order chi connectivity index (χ1) is 12.1. The molecular formula is C18H18N4O3. The van der Waals surface area contributed by atoms with Gasteiger partial charge in [0.1, 0.15) is 12.7 Å². The number of amides is 1. The lowest BCUT2D eigenvalue weighted by molar-refractivity contribution is -0.146. The first-order valence-electron chi connectivity index (χ1n) is 8.25. The summed E-state index contributed by atoms with van der Waals surface area (Å²) in [5.74, 6) is -2.22. The minimum absolute atomic E-state index is 0.0247. The Bertz CT molecular complexity index is 813. The zero-order valence-corrected chi connectivity index (χ0v) is 13.4. The maximum absolute atomic E-state index is 12.6. The van der Waals surface area contributed by atoms with Crippen LogP contribution in [0, 0.1) is 23.7 Å². The van der Waals surface area contributed by atoms with Crippen LogP contribution in [0.3, 0.4) is 0 Å². The van der Waals surface area contributed by atoms with E-state index >= 15 is 0 Å². The van der Waals surface area contributed by atoms with E-state index in [0.29, 0.717) is 12.2 Å². The van der Waals surface area contributed by atoms with Crippen molar-refractivity contribution in [3.05, 3.63) is 54.6 Å². The minimum atomic E-state index is -0.889. The quantitative estimate of drug-likeness (QED) is 0.810. The van der Waals surface area contributed by atoms with Crippen LogP contribution in [0.25, 0.3) is 0 Å². The van der Waals surface area contributed by atoms with Crippen LogP contribution in [0.1, 0.15) is 12.0 Å². The van der Waals surface area contributed by atoms with Gasteiger partial charge in [-0.2, -0.15) is 5.10 Å². The molecule has 1 amide bonds. The fourth-order valence-electron chi connectivity index (χ4n) is 3.94. The molecule has 1 fully saturated rings. The Kier molecular flexibility index (Phi) is 3.83. The minimum Gasteiger partial charge on any atom is -0.481 e. The van der Waals surface area contributed by atoms with Crippen molar-refractivity contribution in [2.24, 2.45) is 23.7 Å². The van der Waals surface area contributed by atoms with Crippen LogP contribution >= 0.6 is 0 Å². The zero-order valence-electron chi connectivity index (χ0n) is 13.4. The lowest BCUT2D eigenvalue weighted by Crippen LogP contribution is -2.36. The maximum atomic E-state index is 12.6. The highest BCUT2D eigenvalue weighted by Gasteiger charge is 2.51. The molecule has 25 heavy (non-hydrogen) atoms. The van der Waals surface area contributed by atoms with Gasteiger partial charge in [0.25, 0.3) is 0 Å². The molecule has 7 heteroatoms. The third kappa shape index (κ3) is 2.93. The number of nitrogens with one attached hydrogen (secondary N) is 1. The molecule has 0 radical (unpaired) electrons. The van der Waals surface area contributed by atoms with E-state index in [9.17, 15) is 14.7 Å². The van der Waals surface area contributed by atoms with E-state index in [-0.39, 0.29) is 17.7 Å². The van der Waals surface area contributed by atoms with Crippen molar-refractivity contribution < 1.29 is 14.7 Å². The Hall–Kier alpha value is -2.96. The number of carboxylic acid groups (broad SMARTS) is 1. The molecule has 4 rings (SSSR count). The normalized spacial score (nSPS) is 26.7. The summed E-state index contributed by atoms with van der Waals surface area (Å²) < 4.78 is 1.71. The fourth-order valence-corrected chi connectivity index (χ4v) is 3.94. The van der Waals surface area contributed by atoms with Crippen LogP contribution in [-0.2, 0) is 16.1 Å². The highest BCUT2D eigenvalue weighted by atomic mass is 16.4. The number of carbonyl (C=O) groups is 2. The van der Waals surface area contributed by atoms with Crippen LogP contribution < -0.4 is 5.32 Å². The van der Waals surface area contributed by atoms with Crippen molar-refractivity contribution in [1.82, 2.24) is 14.8 Å². The molecule has 0 aliphatic heterocycles. The van der Waals surface area contributed by atoms with E-state index in [1.807, 2.05) is 36.4 Å². The summed E-state index contributed by atoms with van der Waals surface area (Å²) >= 11 is 0. The summed E-state index contributed by atoms with van der Waals surface area (Å²) in [5, 5.41) is 16.4. The van der Waals surface area contributed by atoms with Gasteiger partial charge in [-0.25, -0.2) is 9.67 Å². The molecule has 4 atom stereocenters. The van der Waals surface area contributed by atoms with Gasteiger partial charge < -0.3 is 10.4 Å². The van der Waals surface area contributed by atoms with Gasteiger partial charge in [0.2, 0.25) is 5.91 Å². The number of hydrogen-bond acceptors (Lipinski definition) is 4. The van der Waals surface area contributed by atoms with E-state index < -0.39 is 17.8 Å². The fraction of sp³-hybridized carbons (Fsp3) is 0.333. The molecule has 7 nitrogen and oxygen atoms in total. The van der Waals surface area contributed by atoms with Crippen LogP contribution in [0.15, 0.2) is 49.1 Å². The van der Waals surface area contributed by atoms with Gasteiger partial charge in [0.15, 0.2) is 0 Å². The second-order valence-corrected chi connectivity index (χ2v) is 6.62. The Balaban J connectivity index is 1.44. The van der Waals surface area contributed by atoms with Gasteiger partial charge >= 0.3 is 5.97 Å². The monoisotopic (exact) mass is 338 g/mol. The van der Waals surface area contributed by atoms with Crippen LogP contribution in [0.2, 0.25) is 0 Å². The molecule has 1 saturated carbocycles. The third-order valence-electron chi connectivity index (χ3n) is 5.08. The average Bonchev–Trinajstić information content (AvgIpc) is 3.32. The zero-order chi connectivity index (χ0) is 17.4. The predicted octanol–water partition coefficient (Wildman–Crippen LogP) is 1.79. The summed E-state index contributed by atoms with van der Waals surface area (Å²) in [5.41, 5.74) is 1.71. The third-order valence-corrected chi connectivity index (χ3v) is 5.08. The molecule has 0 unspecified atom stereocenters. The topological polar surface area (TPSA) is 97.1 Å². The Labute approximate surface area is 144 Å². The molecule has 2 aliphatic rings. The smallest absolute Gasteiger partial charge is 0.307 e. The van der Waals surface area contributed by atoms with Crippen molar-refractivity contribution in [3.63, 3.8) is 0 Å². The second-order valence-electron chi connectivity index (χ2n) is 6.62. The SMILES string of the molecule is O=C(O)[C@@H]1[C@@H](C(=O)Nc2ccc(Cn3cncn3)cc2)[C@H]2C=C[C@@H]1C2. The number of rotatable bonds is 5. The number of carbonyl (C=O) groups excluding carboxylic acids is 1. The number of carboxylic acids is 1. The molecule has 1 heterocycles. The van der Waals surface area contributed by atoms with Crippen molar-refractivity contribution in [2.75, 3.05) is 5.32 Å². The number of nitrogens with zero attached hydrogens (tertiary/aromatic N) is 3. The Morgan fingerprint density at radius 1 is 1.16 bits per heavy atom. The van der Waals surface area contributed by atoms with Gasteiger partial charge in [0, 0.05) is 5.69 Å². The van der Waals surface area contributed by atoms with Gasteiger partial charge in [-0.15, -0.1) is 0 Å². The molecule has 128 valence electrons. The van der Waals surface area contributed by atoms with Gasteiger partial charge in [-0.3, -0.25) is 9.59 Å². The second kappa shape index (κ2) is 6.16. The number of aromatic nitrogens is 3.